The molecule has 0 saturated heterocycles. The number of aromatic nitrogens is 4. The first-order valence-corrected chi connectivity index (χ1v) is 9.83. The number of benzene rings is 1. The summed E-state index contributed by atoms with van der Waals surface area (Å²) in [7, 11) is 0. The Morgan fingerprint density at radius 3 is 2.86 bits per heavy atom. The minimum absolute atomic E-state index is 0.153. The van der Waals surface area contributed by atoms with E-state index in [2.05, 4.69) is 20.6 Å². The first-order valence-electron chi connectivity index (χ1n) is 8.95. The van der Waals surface area contributed by atoms with Gasteiger partial charge in [-0.25, -0.2) is 4.68 Å². The number of aryl methyl sites for hydroxylation is 1. The number of amides is 1. The van der Waals surface area contributed by atoms with Crippen LogP contribution in [0.15, 0.2) is 46.2 Å². The van der Waals surface area contributed by atoms with Gasteiger partial charge in [-0.15, -0.1) is 10.2 Å². The van der Waals surface area contributed by atoms with Crippen molar-refractivity contribution < 1.29 is 13.9 Å². The maximum absolute atomic E-state index is 12.5. The summed E-state index contributed by atoms with van der Waals surface area (Å²) in [5.74, 6) is 1.59. The molecule has 3 rings (SSSR count). The summed E-state index contributed by atoms with van der Waals surface area (Å²) in [5, 5.41) is 14.9. The molecule has 3 aromatic rings. The average molecular weight is 401 g/mol. The molecule has 1 N–H and O–H groups in total. The van der Waals surface area contributed by atoms with Gasteiger partial charge in [-0.1, -0.05) is 23.9 Å². The van der Waals surface area contributed by atoms with Crippen molar-refractivity contribution in [1.29, 1.82) is 0 Å². The molecule has 0 aliphatic rings. The zero-order valence-corrected chi connectivity index (χ0v) is 17.1. The quantitative estimate of drug-likeness (QED) is 0.573. The van der Waals surface area contributed by atoms with Crippen LogP contribution in [0.2, 0.25) is 0 Å². The Kier molecular flexibility index (Phi) is 6.35. The van der Waals surface area contributed by atoms with Crippen LogP contribution < -0.4 is 10.1 Å². The molecule has 0 radical (unpaired) electrons. The number of nitrogens with one attached hydrogen (secondary N) is 1. The second kappa shape index (κ2) is 8.92. The van der Waals surface area contributed by atoms with E-state index in [1.165, 1.54) is 11.8 Å². The minimum atomic E-state index is -0.415. The van der Waals surface area contributed by atoms with Crippen LogP contribution in [0.1, 0.15) is 38.3 Å². The second-order valence-corrected chi connectivity index (χ2v) is 7.86. The van der Waals surface area contributed by atoms with Crippen molar-refractivity contribution in [3.05, 3.63) is 48.0 Å². The molecule has 0 aliphatic carbocycles. The van der Waals surface area contributed by atoms with E-state index in [1.54, 1.807) is 23.9 Å². The molecule has 0 aliphatic heterocycles. The first-order chi connectivity index (χ1) is 13.4. The van der Waals surface area contributed by atoms with Crippen molar-refractivity contribution in [3.8, 4) is 5.75 Å². The van der Waals surface area contributed by atoms with E-state index in [1.807, 2.05) is 45.0 Å². The highest BCUT2D eigenvalue weighted by Crippen LogP contribution is 2.24. The fourth-order valence-electron chi connectivity index (χ4n) is 2.45. The molecule has 0 bridgehead atoms. The molecule has 9 heteroatoms. The lowest BCUT2D eigenvalue weighted by Gasteiger charge is -2.13. The van der Waals surface area contributed by atoms with E-state index in [9.17, 15) is 4.79 Å². The van der Waals surface area contributed by atoms with Crippen LogP contribution in [0.3, 0.4) is 0 Å². The van der Waals surface area contributed by atoms with E-state index in [0.717, 1.165) is 11.3 Å². The van der Waals surface area contributed by atoms with Gasteiger partial charge >= 0.3 is 0 Å². The summed E-state index contributed by atoms with van der Waals surface area (Å²) in [6, 6.07) is 9.64. The van der Waals surface area contributed by atoms with E-state index in [4.69, 9.17) is 9.15 Å². The van der Waals surface area contributed by atoms with Gasteiger partial charge in [0.1, 0.15) is 11.6 Å². The number of thioether (sulfide) groups is 1. The first kappa shape index (κ1) is 19.9. The van der Waals surface area contributed by atoms with Crippen molar-refractivity contribution >= 4 is 23.5 Å². The topological polar surface area (TPSA) is 95.1 Å². The van der Waals surface area contributed by atoms with Crippen molar-refractivity contribution in [3.63, 3.8) is 0 Å². The Hall–Kier alpha value is -2.81. The summed E-state index contributed by atoms with van der Waals surface area (Å²) >= 11 is 1.20. The van der Waals surface area contributed by atoms with Crippen LogP contribution in [0.4, 0.5) is 5.82 Å². The van der Waals surface area contributed by atoms with Crippen LogP contribution in [0.25, 0.3) is 0 Å². The standard InChI is InChI=1S/C19H23N5O3S/c1-12(2)24-16(8-9-20-24)21-18(25)14(4)28-19-23-22-17(27-19)11-26-15-7-5-6-13(3)10-15/h5-10,12,14H,11H2,1-4H3,(H,21,25). The molecule has 2 aromatic heterocycles. The van der Waals surface area contributed by atoms with Crippen molar-refractivity contribution in [2.24, 2.45) is 0 Å². The SMILES string of the molecule is Cc1cccc(OCc2nnc(SC(C)C(=O)Nc3ccnn3C(C)C)o2)c1. The molecule has 148 valence electrons. The number of nitrogens with zero attached hydrogens (tertiary/aromatic N) is 4. The van der Waals surface area contributed by atoms with Gasteiger partial charge in [0.05, 0.1) is 11.4 Å². The molecule has 0 saturated carbocycles. The van der Waals surface area contributed by atoms with Crippen LogP contribution in [-0.4, -0.2) is 31.1 Å². The van der Waals surface area contributed by atoms with Gasteiger partial charge in [-0.05, 0) is 45.4 Å². The molecule has 2 heterocycles. The Labute approximate surface area is 167 Å². The maximum atomic E-state index is 12.5. The van der Waals surface area contributed by atoms with Crippen LogP contribution >= 0.6 is 11.8 Å². The van der Waals surface area contributed by atoms with Gasteiger partial charge < -0.3 is 14.5 Å². The number of carbonyl (C=O) groups excluding carboxylic acids is 1. The number of hydrogen-bond acceptors (Lipinski definition) is 7. The molecule has 1 amide bonds. The highest BCUT2D eigenvalue weighted by molar-refractivity contribution is 8.00. The van der Waals surface area contributed by atoms with E-state index in [0.29, 0.717) is 16.9 Å². The van der Waals surface area contributed by atoms with E-state index < -0.39 is 5.25 Å². The largest absolute Gasteiger partial charge is 0.484 e. The molecule has 1 atom stereocenters. The van der Waals surface area contributed by atoms with Crippen molar-refractivity contribution in [1.82, 2.24) is 20.0 Å². The summed E-state index contributed by atoms with van der Waals surface area (Å²) in [6.45, 7) is 7.95. The lowest BCUT2D eigenvalue weighted by Crippen LogP contribution is -2.24. The number of rotatable bonds is 8. The summed E-state index contributed by atoms with van der Waals surface area (Å²) in [4.78, 5) is 12.5. The smallest absolute Gasteiger partial charge is 0.277 e. The maximum Gasteiger partial charge on any atom is 0.277 e. The lowest BCUT2D eigenvalue weighted by atomic mass is 10.2. The Morgan fingerprint density at radius 1 is 1.29 bits per heavy atom. The second-order valence-electron chi connectivity index (χ2n) is 6.57. The predicted octanol–water partition coefficient (Wildman–Crippen LogP) is 3.85. The molecule has 0 spiro atoms. The molecule has 0 fully saturated rings. The third kappa shape index (κ3) is 5.13. The van der Waals surface area contributed by atoms with E-state index >= 15 is 0 Å². The number of hydrogen-bond donors (Lipinski definition) is 1. The normalized spacial score (nSPS) is 12.2. The van der Waals surface area contributed by atoms with Gasteiger partial charge in [-0.2, -0.15) is 5.10 Å². The molecule has 1 aromatic carbocycles. The minimum Gasteiger partial charge on any atom is -0.484 e. The van der Waals surface area contributed by atoms with Gasteiger partial charge in [0.15, 0.2) is 6.61 Å². The number of carbonyl (C=O) groups is 1. The fraction of sp³-hybridized carbons (Fsp3) is 0.368. The Bertz CT molecular complexity index is 937. The van der Waals surface area contributed by atoms with Crippen molar-refractivity contribution in [2.45, 2.75) is 50.8 Å². The average Bonchev–Trinajstić information content (AvgIpc) is 3.29. The third-order valence-electron chi connectivity index (χ3n) is 3.86. The molecule has 28 heavy (non-hydrogen) atoms. The van der Waals surface area contributed by atoms with Crippen molar-refractivity contribution in [2.75, 3.05) is 5.32 Å². The third-order valence-corrected chi connectivity index (χ3v) is 4.79. The highest BCUT2D eigenvalue weighted by atomic mass is 32.2. The highest BCUT2D eigenvalue weighted by Gasteiger charge is 2.20. The molecule has 1 unspecified atom stereocenters. The van der Waals surface area contributed by atoms with Gasteiger partial charge in [0, 0.05) is 12.1 Å². The summed E-state index contributed by atoms with van der Waals surface area (Å²) < 4.78 is 13.0. The van der Waals surface area contributed by atoms with Crippen LogP contribution in [0.5, 0.6) is 5.75 Å². The fourth-order valence-corrected chi connectivity index (χ4v) is 3.15. The van der Waals surface area contributed by atoms with Gasteiger partial charge in [0.2, 0.25) is 5.91 Å². The molecule has 8 nitrogen and oxygen atoms in total. The predicted molar refractivity (Wildman–Crippen MR) is 106 cm³/mol. The zero-order valence-electron chi connectivity index (χ0n) is 16.2. The zero-order chi connectivity index (χ0) is 20.1. The van der Waals surface area contributed by atoms with Crippen LogP contribution in [0, 0.1) is 6.92 Å². The molecular weight excluding hydrogens is 378 g/mol. The summed E-state index contributed by atoms with van der Waals surface area (Å²) in [6.07, 6.45) is 1.66. The van der Waals surface area contributed by atoms with Gasteiger partial charge in [-0.3, -0.25) is 4.79 Å². The number of ether oxygens (including phenoxy) is 1. The Balaban J connectivity index is 1.53. The molecular formula is C19H23N5O3S. The Morgan fingerprint density at radius 2 is 2.11 bits per heavy atom. The number of anilines is 1. The van der Waals surface area contributed by atoms with Crippen LogP contribution in [-0.2, 0) is 11.4 Å². The lowest BCUT2D eigenvalue weighted by molar-refractivity contribution is -0.115. The monoisotopic (exact) mass is 401 g/mol. The van der Waals surface area contributed by atoms with Gasteiger partial charge in [0.25, 0.3) is 11.1 Å². The summed E-state index contributed by atoms with van der Waals surface area (Å²) in [5.41, 5.74) is 1.11. The van der Waals surface area contributed by atoms with E-state index in [-0.39, 0.29) is 18.6 Å².